The highest BCUT2D eigenvalue weighted by molar-refractivity contribution is 7.89. The van der Waals surface area contributed by atoms with E-state index in [2.05, 4.69) is 25.5 Å². The molecule has 0 aromatic rings. The van der Waals surface area contributed by atoms with Crippen molar-refractivity contribution in [3.05, 3.63) is 0 Å². The zero-order valence-corrected chi connectivity index (χ0v) is 12.0. The van der Waals surface area contributed by atoms with Gasteiger partial charge < -0.3 is 4.74 Å². The topological polar surface area (TPSA) is 55.4 Å². The SMILES string of the molecule is CC(C)(C)CCS(=O)(=O)NC1CCCOCC1. The monoisotopic (exact) mass is 263 g/mol. The first-order valence-electron chi connectivity index (χ1n) is 6.36. The molecular weight excluding hydrogens is 238 g/mol. The summed E-state index contributed by atoms with van der Waals surface area (Å²) >= 11 is 0. The zero-order chi connectivity index (χ0) is 12.9. The van der Waals surface area contributed by atoms with E-state index in [4.69, 9.17) is 4.74 Å². The predicted octanol–water partition coefficient (Wildman–Crippen LogP) is 1.91. The maximum atomic E-state index is 11.9. The lowest BCUT2D eigenvalue weighted by molar-refractivity contribution is 0.143. The zero-order valence-electron chi connectivity index (χ0n) is 11.2. The van der Waals surface area contributed by atoms with Crippen LogP contribution >= 0.6 is 0 Å². The summed E-state index contributed by atoms with van der Waals surface area (Å²) in [6, 6.07) is 0.0578. The van der Waals surface area contributed by atoms with Gasteiger partial charge in [-0.05, 0) is 31.1 Å². The largest absolute Gasteiger partial charge is 0.381 e. The molecule has 0 amide bonds. The highest BCUT2D eigenvalue weighted by Gasteiger charge is 2.21. The fraction of sp³-hybridized carbons (Fsp3) is 1.00. The molecule has 1 fully saturated rings. The van der Waals surface area contributed by atoms with Gasteiger partial charge in [-0.15, -0.1) is 0 Å². The Morgan fingerprint density at radius 1 is 1.24 bits per heavy atom. The van der Waals surface area contributed by atoms with Crippen molar-refractivity contribution in [3.63, 3.8) is 0 Å². The number of nitrogens with one attached hydrogen (secondary N) is 1. The molecule has 0 spiro atoms. The van der Waals surface area contributed by atoms with E-state index in [1.807, 2.05) is 0 Å². The standard InChI is InChI=1S/C12H25NO3S/c1-12(2,3)7-10-17(14,15)13-11-5-4-8-16-9-6-11/h11,13H,4-10H2,1-3H3. The number of hydrogen-bond donors (Lipinski definition) is 1. The normalized spacial score (nSPS) is 23.4. The molecule has 17 heavy (non-hydrogen) atoms. The highest BCUT2D eigenvalue weighted by atomic mass is 32.2. The first-order valence-corrected chi connectivity index (χ1v) is 8.01. The lowest BCUT2D eigenvalue weighted by Gasteiger charge is -2.20. The Morgan fingerprint density at radius 3 is 2.59 bits per heavy atom. The first kappa shape index (κ1) is 14.9. The van der Waals surface area contributed by atoms with Gasteiger partial charge in [-0.25, -0.2) is 13.1 Å². The molecule has 1 heterocycles. The predicted molar refractivity (Wildman–Crippen MR) is 69.5 cm³/mol. The molecule has 1 saturated heterocycles. The second kappa shape index (κ2) is 6.16. The van der Waals surface area contributed by atoms with Crippen LogP contribution in [0.15, 0.2) is 0 Å². The molecule has 1 aliphatic rings. The Morgan fingerprint density at radius 2 is 1.94 bits per heavy atom. The minimum Gasteiger partial charge on any atom is -0.381 e. The molecule has 1 aliphatic heterocycles. The van der Waals surface area contributed by atoms with Crippen LogP contribution in [0.1, 0.15) is 46.5 Å². The minimum absolute atomic E-state index is 0.0569. The van der Waals surface area contributed by atoms with Crippen LogP contribution in [-0.2, 0) is 14.8 Å². The number of rotatable bonds is 4. The molecule has 0 bridgehead atoms. The molecule has 4 nitrogen and oxygen atoms in total. The van der Waals surface area contributed by atoms with E-state index < -0.39 is 10.0 Å². The molecule has 0 radical (unpaired) electrons. The summed E-state index contributed by atoms with van der Waals surface area (Å²) < 4.78 is 31.9. The third-order valence-electron chi connectivity index (χ3n) is 2.92. The molecule has 1 N–H and O–H groups in total. The Bertz CT molecular complexity index is 311. The van der Waals surface area contributed by atoms with Gasteiger partial charge in [0.1, 0.15) is 0 Å². The van der Waals surface area contributed by atoms with Crippen LogP contribution in [0.25, 0.3) is 0 Å². The summed E-state index contributed by atoms with van der Waals surface area (Å²) in [6.45, 7) is 7.58. The lowest BCUT2D eigenvalue weighted by Crippen LogP contribution is -2.37. The van der Waals surface area contributed by atoms with Crippen molar-refractivity contribution in [1.29, 1.82) is 0 Å². The quantitative estimate of drug-likeness (QED) is 0.843. The van der Waals surface area contributed by atoms with Gasteiger partial charge >= 0.3 is 0 Å². The van der Waals surface area contributed by atoms with Crippen molar-refractivity contribution in [2.75, 3.05) is 19.0 Å². The van der Waals surface area contributed by atoms with Crippen molar-refractivity contribution in [2.45, 2.75) is 52.5 Å². The van der Waals surface area contributed by atoms with Crippen LogP contribution in [0.4, 0.5) is 0 Å². The summed E-state index contributed by atoms with van der Waals surface area (Å²) in [6.07, 6.45) is 3.29. The van der Waals surface area contributed by atoms with Crippen LogP contribution in [0.2, 0.25) is 0 Å². The molecule has 0 aliphatic carbocycles. The molecule has 0 aromatic carbocycles. The summed E-state index contributed by atoms with van der Waals surface area (Å²) in [5.41, 5.74) is 0.0569. The fourth-order valence-electron chi connectivity index (χ4n) is 1.78. The summed E-state index contributed by atoms with van der Waals surface area (Å²) in [5, 5.41) is 0. The Balaban J connectivity index is 2.42. The second-order valence-corrected chi connectivity index (χ2v) is 7.86. The average molecular weight is 263 g/mol. The lowest BCUT2D eigenvalue weighted by atomic mass is 9.94. The Kier molecular flexibility index (Phi) is 5.41. The first-order chi connectivity index (χ1) is 7.79. The Labute approximate surface area is 105 Å². The van der Waals surface area contributed by atoms with E-state index in [1.54, 1.807) is 0 Å². The Hall–Kier alpha value is -0.130. The van der Waals surface area contributed by atoms with E-state index >= 15 is 0 Å². The van der Waals surface area contributed by atoms with Gasteiger partial charge in [0.15, 0.2) is 0 Å². The van der Waals surface area contributed by atoms with Crippen molar-refractivity contribution >= 4 is 10.0 Å². The third kappa shape index (κ3) is 7.01. The van der Waals surface area contributed by atoms with Gasteiger partial charge in [-0.1, -0.05) is 20.8 Å². The molecule has 1 atom stereocenters. The van der Waals surface area contributed by atoms with Crippen LogP contribution in [0.5, 0.6) is 0 Å². The molecule has 1 rings (SSSR count). The van der Waals surface area contributed by atoms with Crippen molar-refractivity contribution in [1.82, 2.24) is 4.72 Å². The summed E-state index contributed by atoms with van der Waals surface area (Å²) in [4.78, 5) is 0. The molecule has 5 heteroatoms. The number of hydrogen-bond acceptors (Lipinski definition) is 3. The maximum absolute atomic E-state index is 11.9. The van der Waals surface area contributed by atoms with Crippen molar-refractivity contribution in [3.8, 4) is 0 Å². The van der Waals surface area contributed by atoms with Crippen LogP contribution in [0.3, 0.4) is 0 Å². The average Bonchev–Trinajstić information content (AvgIpc) is 2.42. The van der Waals surface area contributed by atoms with E-state index in [0.29, 0.717) is 13.0 Å². The molecule has 0 saturated carbocycles. The number of ether oxygens (including phenoxy) is 1. The van der Waals surface area contributed by atoms with Gasteiger partial charge in [0.25, 0.3) is 0 Å². The molecular formula is C12H25NO3S. The summed E-state index contributed by atoms with van der Waals surface area (Å²) in [7, 11) is -3.14. The van der Waals surface area contributed by atoms with E-state index in [-0.39, 0.29) is 17.2 Å². The van der Waals surface area contributed by atoms with E-state index in [9.17, 15) is 8.42 Å². The number of sulfonamides is 1. The van der Waals surface area contributed by atoms with Crippen LogP contribution in [-0.4, -0.2) is 33.4 Å². The smallest absolute Gasteiger partial charge is 0.211 e. The summed E-state index contributed by atoms with van der Waals surface area (Å²) in [5.74, 6) is 0.216. The van der Waals surface area contributed by atoms with Crippen molar-refractivity contribution < 1.29 is 13.2 Å². The molecule has 1 unspecified atom stereocenters. The highest BCUT2D eigenvalue weighted by Crippen LogP contribution is 2.19. The fourth-order valence-corrected chi connectivity index (χ4v) is 3.52. The van der Waals surface area contributed by atoms with Crippen molar-refractivity contribution in [2.24, 2.45) is 5.41 Å². The maximum Gasteiger partial charge on any atom is 0.211 e. The minimum atomic E-state index is -3.14. The van der Waals surface area contributed by atoms with Gasteiger partial charge in [-0.3, -0.25) is 0 Å². The van der Waals surface area contributed by atoms with E-state index in [0.717, 1.165) is 25.9 Å². The van der Waals surface area contributed by atoms with E-state index in [1.165, 1.54) is 0 Å². The molecule has 0 aromatic heterocycles. The van der Waals surface area contributed by atoms with Gasteiger partial charge in [0.2, 0.25) is 10.0 Å². The van der Waals surface area contributed by atoms with Gasteiger partial charge in [-0.2, -0.15) is 0 Å². The third-order valence-corrected chi connectivity index (χ3v) is 4.35. The van der Waals surface area contributed by atoms with Crippen LogP contribution in [0, 0.1) is 5.41 Å². The second-order valence-electron chi connectivity index (χ2n) is 5.99. The molecule has 102 valence electrons. The van der Waals surface area contributed by atoms with Gasteiger partial charge in [0, 0.05) is 19.3 Å². The van der Waals surface area contributed by atoms with Gasteiger partial charge in [0.05, 0.1) is 5.75 Å². The van der Waals surface area contributed by atoms with Crippen LogP contribution < -0.4 is 4.72 Å².